The van der Waals surface area contributed by atoms with Gasteiger partial charge < -0.3 is 15.2 Å². The summed E-state index contributed by atoms with van der Waals surface area (Å²) in [7, 11) is 1.97. The molecule has 2 N–H and O–H groups in total. The Kier molecular flexibility index (Phi) is 7.83. The number of aryl methyl sites for hydroxylation is 1. The normalized spacial score (nSPS) is 17.3. The Hall–Kier alpha value is -2.19. The van der Waals surface area contributed by atoms with Gasteiger partial charge in [0.05, 0.1) is 6.04 Å². The summed E-state index contributed by atoms with van der Waals surface area (Å²) in [5.41, 5.74) is 0. The maximum Gasteiger partial charge on any atom is 0.192 e. The number of rotatable bonds is 8. The van der Waals surface area contributed by atoms with Crippen molar-refractivity contribution in [3.8, 4) is 0 Å². The molecule has 0 aromatic carbocycles. The fraction of sp³-hybridized carbons (Fsp3) is 0.571. The van der Waals surface area contributed by atoms with Crippen LogP contribution in [0.5, 0.6) is 0 Å². The van der Waals surface area contributed by atoms with E-state index in [1.54, 1.807) is 0 Å². The molecule has 3 rings (SSSR count). The highest BCUT2D eigenvalue weighted by atomic mass is 32.1. The number of nitrogens with one attached hydrogen (secondary N) is 2. The molecule has 0 bridgehead atoms. The second kappa shape index (κ2) is 10.5. The first-order valence-electron chi connectivity index (χ1n) is 10.3. The molecule has 1 fully saturated rings. The quantitative estimate of drug-likeness (QED) is 0.394. The Morgan fingerprint density at radius 1 is 1.38 bits per heavy atom. The average molecular weight is 416 g/mol. The summed E-state index contributed by atoms with van der Waals surface area (Å²) in [4.78, 5) is 8.73. The van der Waals surface area contributed by atoms with Crippen molar-refractivity contribution in [2.45, 2.75) is 39.3 Å². The van der Waals surface area contributed by atoms with Gasteiger partial charge >= 0.3 is 0 Å². The van der Waals surface area contributed by atoms with Crippen molar-refractivity contribution in [3.05, 3.63) is 46.7 Å². The van der Waals surface area contributed by atoms with Gasteiger partial charge in [-0.3, -0.25) is 4.90 Å². The van der Waals surface area contributed by atoms with Crippen LogP contribution in [0.25, 0.3) is 0 Å². The maximum absolute atomic E-state index is 4.72. The van der Waals surface area contributed by atoms with E-state index in [1.807, 2.05) is 36.0 Å². The third kappa shape index (κ3) is 5.90. The van der Waals surface area contributed by atoms with Crippen molar-refractivity contribution in [1.29, 1.82) is 0 Å². The van der Waals surface area contributed by atoms with E-state index in [4.69, 9.17) is 4.99 Å². The van der Waals surface area contributed by atoms with Crippen molar-refractivity contribution < 1.29 is 0 Å². The maximum atomic E-state index is 4.72. The zero-order valence-corrected chi connectivity index (χ0v) is 18.6. The van der Waals surface area contributed by atoms with Crippen LogP contribution < -0.4 is 10.6 Å². The highest BCUT2D eigenvalue weighted by Gasteiger charge is 2.25. The summed E-state index contributed by atoms with van der Waals surface area (Å²) >= 11 is 1.83. The van der Waals surface area contributed by atoms with E-state index < -0.39 is 0 Å². The number of guanidine groups is 1. The van der Waals surface area contributed by atoms with Gasteiger partial charge in [0, 0.05) is 25.0 Å². The minimum Gasteiger partial charge on any atom is -0.354 e. The molecule has 2 aromatic rings. The van der Waals surface area contributed by atoms with E-state index in [0.29, 0.717) is 19.1 Å². The van der Waals surface area contributed by atoms with Gasteiger partial charge in [-0.05, 0) is 50.2 Å². The van der Waals surface area contributed by atoms with Crippen molar-refractivity contribution in [2.24, 2.45) is 18.0 Å². The standard InChI is InChI=1S/C21H33N7S/c1-5-10-22-21(24-15-20-26-25-17(3)27(20)4)23-14-18(19-7-6-13-29-19)28-11-8-16(2)9-12-28/h5-7,13,16,18H,1,8-12,14-15H2,2-4H3,(H2,22,23,24). The molecule has 0 aliphatic carbocycles. The third-order valence-electron chi connectivity index (χ3n) is 5.57. The van der Waals surface area contributed by atoms with E-state index in [-0.39, 0.29) is 0 Å². The Balaban J connectivity index is 1.68. The van der Waals surface area contributed by atoms with E-state index in [1.165, 1.54) is 17.7 Å². The van der Waals surface area contributed by atoms with E-state index >= 15 is 0 Å². The summed E-state index contributed by atoms with van der Waals surface area (Å²) in [6.45, 7) is 12.4. The van der Waals surface area contributed by atoms with Gasteiger partial charge in [0.15, 0.2) is 11.8 Å². The van der Waals surface area contributed by atoms with Crippen LogP contribution in [0.4, 0.5) is 0 Å². The minimum absolute atomic E-state index is 0.357. The molecule has 29 heavy (non-hydrogen) atoms. The molecule has 1 aliphatic rings. The lowest BCUT2D eigenvalue weighted by Crippen LogP contribution is -2.45. The predicted octanol–water partition coefficient (Wildman–Crippen LogP) is 2.88. The topological polar surface area (TPSA) is 70.4 Å². The lowest BCUT2D eigenvalue weighted by Gasteiger charge is -2.36. The first-order valence-corrected chi connectivity index (χ1v) is 11.2. The zero-order valence-electron chi connectivity index (χ0n) is 17.8. The van der Waals surface area contributed by atoms with E-state index in [2.05, 4.69) is 56.7 Å². The molecule has 1 atom stereocenters. The lowest BCUT2D eigenvalue weighted by atomic mass is 9.97. The van der Waals surface area contributed by atoms with Gasteiger partial charge in [0.1, 0.15) is 12.4 Å². The summed E-state index contributed by atoms with van der Waals surface area (Å²) in [6.07, 6.45) is 4.37. The van der Waals surface area contributed by atoms with Gasteiger partial charge in [-0.1, -0.05) is 19.1 Å². The van der Waals surface area contributed by atoms with Crippen LogP contribution >= 0.6 is 11.3 Å². The van der Waals surface area contributed by atoms with Crippen molar-refractivity contribution in [2.75, 3.05) is 26.2 Å². The van der Waals surface area contributed by atoms with E-state index in [0.717, 1.165) is 43.2 Å². The highest BCUT2D eigenvalue weighted by molar-refractivity contribution is 7.10. The first-order chi connectivity index (χ1) is 14.1. The van der Waals surface area contributed by atoms with Crippen LogP contribution in [-0.2, 0) is 13.6 Å². The molecule has 2 aromatic heterocycles. The zero-order chi connectivity index (χ0) is 20.6. The highest BCUT2D eigenvalue weighted by Crippen LogP contribution is 2.29. The van der Waals surface area contributed by atoms with Crippen molar-refractivity contribution >= 4 is 17.3 Å². The van der Waals surface area contributed by atoms with Gasteiger partial charge in [0.2, 0.25) is 0 Å². The number of hydrogen-bond donors (Lipinski definition) is 2. The van der Waals surface area contributed by atoms with E-state index in [9.17, 15) is 0 Å². The summed E-state index contributed by atoms with van der Waals surface area (Å²) < 4.78 is 1.97. The molecule has 0 amide bonds. The van der Waals surface area contributed by atoms with Crippen LogP contribution in [0.1, 0.15) is 42.3 Å². The van der Waals surface area contributed by atoms with Crippen LogP contribution in [0, 0.1) is 12.8 Å². The number of piperidine rings is 1. The average Bonchev–Trinajstić information content (AvgIpc) is 3.36. The fourth-order valence-electron chi connectivity index (χ4n) is 3.51. The number of thiophene rings is 1. The van der Waals surface area contributed by atoms with Crippen LogP contribution in [0.2, 0.25) is 0 Å². The summed E-state index contributed by atoms with van der Waals surface area (Å²) in [5, 5.41) is 17.4. The molecule has 3 heterocycles. The smallest absolute Gasteiger partial charge is 0.192 e. The number of aromatic nitrogens is 3. The lowest BCUT2D eigenvalue weighted by molar-refractivity contribution is 0.140. The molecular weight excluding hydrogens is 382 g/mol. The molecule has 0 saturated carbocycles. The molecule has 7 nitrogen and oxygen atoms in total. The molecule has 158 valence electrons. The van der Waals surface area contributed by atoms with Gasteiger partial charge in [0.25, 0.3) is 0 Å². The number of nitrogens with zero attached hydrogens (tertiary/aromatic N) is 5. The molecule has 1 aliphatic heterocycles. The van der Waals surface area contributed by atoms with Crippen LogP contribution in [-0.4, -0.2) is 51.8 Å². The summed E-state index contributed by atoms with van der Waals surface area (Å²) in [6, 6.07) is 4.74. The second-order valence-electron chi connectivity index (χ2n) is 7.69. The molecule has 0 radical (unpaired) electrons. The third-order valence-corrected chi connectivity index (χ3v) is 6.54. The monoisotopic (exact) mass is 415 g/mol. The molecule has 0 spiro atoms. The Morgan fingerprint density at radius 2 is 2.17 bits per heavy atom. The largest absolute Gasteiger partial charge is 0.354 e. The minimum atomic E-state index is 0.357. The van der Waals surface area contributed by atoms with Gasteiger partial charge in [-0.15, -0.1) is 28.1 Å². The van der Waals surface area contributed by atoms with Crippen LogP contribution in [0.15, 0.2) is 35.2 Å². The SMILES string of the molecule is C=CCNC(=NCc1nnc(C)n1C)NCC(c1cccs1)N1CCC(C)CC1. The first kappa shape index (κ1) is 21.5. The Labute approximate surface area is 177 Å². The van der Waals surface area contributed by atoms with Crippen LogP contribution in [0.3, 0.4) is 0 Å². The number of hydrogen-bond acceptors (Lipinski definition) is 5. The molecule has 8 heteroatoms. The van der Waals surface area contributed by atoms with Crippen molar-refractivity contribution in [1.82, 2.24) is 30.3 Å². The number of likely N-dealkylation sites (tertiary alicyclic amines) is 1. The second-order valence-corrected chi connectivity index (χ2v) is 8.67. The molecule has 1 saturated heterocycles. The van der Waals surface area contributed by atoms with Gasteiger partial charge in [-0.2, -0.15) is 0 Å². The Morgan fingerprint density at radius 3 is 2.79 bits per heavy atom. The summed E-state index contributed by atoms with van der Waals surface area (Å²) in [5.74, 6) is 3.34. The Bertz CT molecular complexity index is 788. The molecule has 1 unspecified atom stereocenters. The molecular formula is C21H33N7S. The van der Waals surface area contributed by atoms with Crippen molar-refractivity contribution in [3.63, 3.8) is 0 Å². The number of aliphatic imine (C=N–C) groups is 1. The fourth-order valence-corrected chi connectivity index (χ4v) is 4.37. The van der Waals surface area contributed by atoms with Gasteiger partial charge in [-0.25, -0.2) is 4.99 Å². The predicted molar refractivity (Wildman–Crippen MR) is 120 cm³/mol.